The van der Waals surface area contributed by atoms with Gasteiger partial charge in [0.05, 0.1) is 19.9 Å². The van der Waals surface area contributed by atoms with E-state index in [1.165, 1.54) is 18.0 Å². The zero-order valence-electron chi connectivity index (χ0n) is 16.3. The fourth-order valence-electron chi connectivity index (χ4n) is 3.11. The second-order valence-corrected chi connectivity index (χ2v) is 6.26. The van der Waals surface area contributed by atoms with E-state index in [2.05, 4.69) is 15.0 Å². The second kappa shape index (κ2) is 8.08. The number of ether oxygens (including phenoxy) is 2. The molecule has 0 aliphatic heterocycles. The van der Waals surface area contributed by atoms with Gasteiger partial charge in [-0.1, -0.05) is 5.21 Å². The van der Waals surface area contributed by atoms with E-state index in [0.29, 0.717) is 12.2 Å². The number of benzene rings is 1. The highest BCUT2D eigenvalue weighted by molar-refractivity contribution is 5.97. The van der Waals surface area contributed by atoms with Gasteiger partial charge < -0.3 is 14.0 Å². The van der Waals surface area contributed by atoms with E-state index in [9.17, 15) is 9.59 Å². The van der Waals surface area contributed by atoms with E-state index in [-0.39, 0.29) is 18.0 Å². The van der Waals surface area contributed by atoms with Gasteiger partial charge in [-0.05, 0) is 51.1 Å². The molecule has 2 heterocycles. The van der Waals surface area contributed by atoms with Gasteiger partial charge in [0.2, 0.25) is 0 Å². The van der Waals surface area contributed by atoms with E-state index in [1.54, 1.807) is 0 Å². The Morgan fingerprint density at radius 2 is 1.86 bits per heavy atom. The molecule has 1 aromatic carbocycles. The van der Waals surface area contributed by atoms with Crippen molar-refractivity contribution in [3.63, 3.8) is 0 Å². The molecule has 0 spiro atoms. The van der Waals surface area contributed by atoms with Crippen LogP contribution < -0.4 is 4.74 Å². The average Bonchev–Trinajstić information content (AvgIpc) is 3.26. The van der Waals surface area contributed by atoms with E-state index < -0.39 is 5.97 Å². The highest BCUT2D eigenvalue weighted by Crippen LogP contribution is 2.23. The van der Waals surface area contributed by atoms with Crippen LogP contribution in [0.15, 0.2) is 36.5 Å². The van der Waals surface area contributed by atoms with Crippen molar-refractivity contribution in [2.45, 2.75) is 27.3 Å². The van der Waals surface area contributed by atoms with E-state index >= 15 is 0 Å². The van der Waals surface area contributed by atoms with E-state index in [4.69, 9.17) is 4.74 Å². The Labute approximate surface area is 162 Å². The molecule has 0 unspecified atom stereocenters. The third-order valence-corrected chi connectivity index (χ3v) is 4.38. The van der Waals surface area contributed by atoms with Gasteiger partial charge in [-0.2, -0.15) is 0 Å². The number of aromatic nitrogens is 4. The number of hydrogen-bond acceptors (Lipinski definition) is 6. The van der Waals surface area contributed by atoms with E-state index in [1.807, 2.05) is 55.7 Å². The minimum absolute atomic E-state index is 0.0163. The summed E-state index contributed by atoms with van der Waals surface area (Å²) in [6, 6.07) is 9.58. The van der Waals surface area contributed by atoms with Gasteiger partial charge in [-0.15, -0.1) is 5.10 Å². The first-order valence-corrected chi connectivity index (χ1v) is 8.88. The molecule has 0 radical (unpaired) electrons. The number of ketones is 1. The Kier molecular flexibility index (Phi) is 5.58. The minimum Gasteiger partial charge on any atom is -0.494 e. The van der Waals surface area contributed by atoms with Crippen molar-refractivity contribution in [1.29, 1.82) is 0 Å². The molecular weight excluding hydrogens is 360 g/mol. The molecule has 0 saturated heterocycles. The Morgan fingerprint density at radius 3 is 2.50 bits per heavy atom. The van der Waals surface area contributed by atoms with Crippen LogP contribution in [0.1, 0.15) is 39.2 Å². The van der Waals surface area contributed by atoms with Gasteiger partial charge in [0, 0.05) is 22.6 Å². The summed E-state index contributed by atoms with van der Waals surface area (Å²) in [5, 5.41) is 7.54. The summed E-state index contributed by atoms with van der Waals surface area (Å²) in [5.41, 5.74) is 3.39. The molecule has 0 N–H and O–H groups in total. The van der Waals surface area contributed by atoms with Crippen LogP contribution in [0.4, 0.5) is 0 Å². The lowest BCUT2D eigenvalue weighted by Gasteiger charge is -2.11. The largest absolute Gasteiger partial charge is 0.494 e. The van der Waals surface area contributed by atoms with Crippen molar-refractivity contribution in [1.82, 2.24) is 19.6 Å². The van der Waals surface area contributed by atoms with Gasteiger partial charge >= 0.3 is 5.97 Å². The summed E-state index contributed by atoms with van der Waals surface area (Å²) in [6.07, 6.45) is 1.40. The third kappa shape index (κ3) is 3.80. The Bertz CT molecular complexity index is 1000. The molecule has 0 aliphatic rings. The molecule has 146 valence electrons. The molecular formula is C20H22N4O4. The highest BCUT2D eigenvalue weighted by Gasteiger charge is 2.19. The van der Waals surface area contributed by atoms with Crippen LogP contribution in [-0.4, -0.2) is 45.0 Å². The Morgan fingerprint density at radius 1 is 1.14 bits per heavy atom. The number of carbonyl (C=O) groups is 2. The first-order valence-electron chi connectivity index (χ1n) is 8.88. The summed E-state index contributed by atoms with van der Waals surface area (Å²) < 4.78 is 13.4. The molecule has 0 saturated carbocycles. The molecule has 8 heteroatoms. The Hall–Kier alpha value is -3.42. The first-order chi connectivity index (χ1) is 13.4. The Balaban J connectivity index is 1.83. The van der Waals surface area contributed by atoms with Gasteiger partial charge in [-0.3, -0.25) is 4.79 Å². The monoisotopic (exact) mass is 382 g/mol. The van der Waals surface area contributed by atoms with Crippen molar-refractivity contribution >= 4 is 11.8 Å². The number of aryl methyl sites for hydroxylation is 1. The van der Waals surface area contributed by atoms with Crippen LogP contribution in [0.2, 0.25) is 0 Å². The van der Waals surface area contributed by atoms with Gasteiger partial charge in [0.15, 0.2) is 11.5 Å². The van der Waals surface area contributed by atoms with Crippen molar-refractivity contribution in [2.75, 3.05) is 13.7 Å². The van der Waals surface area contributed by atoms with Gasteiger partial charge in [-0.25, -0.2) is 9.48 Å². The second-order valence-electron chi connectivity index (χ2n) is 6.26. The van der Waals surface area contributed by atoms with Crippen LogP contribution in [-0.2, 0) is 11.3 Å². The molecule has 0 atom stereocenters. The summed E-state index contributed by atoms with van der Waals surface area (Å²) in [5.74, 6) is 0.0941. The topological polar surface area (TPSA) is 88.2 Å². The van der Waals surface area contributed by atoms with Gasteiger partial charge in [0.25, 0.3) is 0 Å². The number of rotatable bonds is 7. The van der Waals surface area contributed by atoms with E-state index in [0.717, 1.165) is 22.8 Å². The van der Waals surface area contributed by atoms with Crippen LogP contribution in [0.3, 0.4) is 0 Å². The normalized spacial score (nSPS) is 10.7. The number of hydrogen-bond donors (Lipinski definition) is 0. The summed E-state index contributed by atoms with van der Waals surface area (Å²) in [7, 11) is 1.27. The molecule has 3 rings (SSSR count). The number of methoxy groups -OCH3 is 1. The third-order valence-electron chi connectivity index (χ3n) is 4.38. The highest BCUT2D eigenvalue weighted by atomic mass is 16.5. The predicted octanol–water partition coefficient (Wildman–Crippen LogP) is 2.75. The van der Waals surface area contributed by atoms with Crippen molar-refractivity contribution in [2.24, 2.45) is 0 Å². The van der Waals surface area contributed by atoms with Crippen molar-refractivity contribution in [3.05, 3.63) is 59.2 Å². The molecule has 0 aliphatic carbocycles. The standard InChI is InChI=1S/C20H22N4O4/c1-5-28-16-8-6-15(7-9-16)24-13(2)10-17(14(24)3)19(25)12-23-11-18(21-22-23)20(26)27-4/h6-11H,5,12H2,1-4H3. The number of nitrogens with zero attached hydrogens (tertiary/aromatic N) is 4. The predicted molar refractivity (Wildman–Crippen MR) is 102 cm³/mol. The van der Waals surface area contributed by atoms with Crippen LogP contribution in [0, 0.1) is 13.8 Å². The summed E-state index contributed by atoms with van der Waals surface area (Å²) in [4.78, 5) is 24.3. The van der Waals surface area contributed by atoms with Crippen molar-refractivity contribution in [3.8, 4) is 11.4 Å². The lowest BCUT2D eigenvalue weighted by Crippen LogP contribution is -2.12. The fourth-order valence-corrected chi connectivity index (χ4v) is 3.11. The quantitative estimate of drug-likeness (QED) is 0.461. The van der Waals surface area contributed by atoms with Gasteiger partial charge in [0.1, 0.15) is 12.3 Å². The number of Topliss-reactive ketones (excluding diaryl/α,β-unsaturated/α-hetero) is 1. The lowest BCUT2D eigenvalue weighted by atomic mass is 10.1. The maximum atomic E-state index is 12.8. The maximum absolute atomic E-state index is 12.8. The maximum Gasteiger partial charge on any atom is 0.360 e. The zero-order valence-corrected chi connectivity index (χ0v) is 16.3. The zero-order chi connectivity index (χ0) is 20.3. The average molecular weight is 382 g/mol. The number of carbonyl (C=O) groups excluding carboxylic acids is 2. The summed E-state index contributed by atoms with van der Waals surface area (Å²) >= 11 is 0. The summed E-state index contributed by atoms with van der Waals surface area (Å²) in [6.45, 7) is 6.38. The fraction of sp³-hybridized carbons (Fsp3) is 0.300. The minimum atomic E-state index is -0.590. The van der Waals surface area contributed by atoms with Crippen LogP contribution in [0.5, 0.6) is 5.75 Å². The van der Waals surface area contributed by atoms with Crippen LogP contribution in [0.25, 0.3) is 5.69 Å². The molecule has 0 fully saturated rings. The molecule has 2 aromatic heterocycles. The smallest absolute Gasteiger partial charge is 0.360 e. The molecule has 8 nitrogen and oxygen atoms in total. The lowest BCUT2D eigenvalue weighted by molar-refractivity contribution is 0.0593. The first kappa shape index (κ1) is 19.3. The van der Waals surface area contributed by atoms with Crippen molar-refractivity contribution < 1.29 is 19.1 Å². The SMILES string of the molecule is CCOc1ccc(-n2c(C)cc(C(=O)Cn3cc(C(=O)OC)nn3)c2C)cc1. The van der Waals surface area contributed by atoms with Crippen LogP contribution >= 0.6 is 0 Å². The molecule has 3 aromatic rings. The number of esters is 1. The molecule has 0 bridgehead atoms. The molecule has 28 heavy (non-hydrogen) atoms. The molecule has 0 amide bonds.